The van der Waals surface area contributed by atoms with Crippen LogP contribution in [0.5, 0.6) is 0 Å². The predicted octanol–water partition coefficient (Wildman–Crippen LogP) is 4.91. The molecule has 1 aliphatic heterocycles. The molecule has 214 valence electrons. The highest BCUT2D eigenvalue weighted by Crippen LogP contribution is 2.46. The number of nitrogens with zero attached hydrogens (tertiary/aromatic N) is 2. The summed E-state index contributed by atoms with van der Waals surface area (Å²) in [6, 6.07) is 7.16. The summed E-state index contributed by atoms with van der Waals surface area (Å²) in [6.07, 6.45) is -5.53. The summed E-state index contributed by atoms with van der Waals surface area (Å²) in [6.45, 7) is 4.58. The van der Waals surface area contributed by atoms with Gasteiger partial charge in [0.2, 0.25) is 17.4 Å². The number of imide groups is 1. The minimum absolute atomic E-state index is 0.0759. The van der Waals surface area contributed by atoms with Crippen molar-refractivity contribution in [2.24, 2.45) is 5.41 Å². The topological polar surface area (TPSA) is 96.0 Å². The zero-order chi connectivity index (χ0) is 29.6. The predicted molar refractivity (Wildman–Crippen MR) is 135 cm³/mol. The van der Waals surface area contributed by atoms with Gasteiger partial charge in [-0.15, -0.1) is 0 Å². The molecule has 0 unspecified atom stereocenters. The fourth-order valence-electron chi connectivity index (χ4n) is 4.68. The summed E-state index contributed by atoms with van der Waals surface area (Å²) in [5.41, 5.74) is -0.574. The van der Waals surface area contributed by atoms with E-state index in [1.807, 2.05) is 0 Å². The number of nitrogens with one attached hydrogen (secondary N) is 1. The zero-order valence-corrected chi connectivity index (χ0v) is 22.4. The maximum atomic E-state index is 13.6. The molecular formula is C28H29F4N3O5. The van der Waals surface area contributed by atoms with E-state index in [1.54, 1.807) is 39.0 Å². The van der Waals surface area contributed by atoms with Crippen LogP contribution in [0.2, 0.25) is 0 Å². The van der Waals surface area contributed by atoms with E-state index < -0.39 is 60.0 Å². The monoisotopic (exact) mass is 563 g/mol. The number of aryl methyl sites for hydroxylation is 1. The number of fused-ring (bicyclic) bond motifs is 2. The van der Waals surface area contributed by atoms with Crippen molar-refractivity contribution in [3.63, 3.8) is 0 Å². The summed E-state index contributed by atoms with van der Waals surface area (Å²) >= 11 is 0. The van der Waals surface area contributed by atoms with Crippen LogP contribution in [0, 0.1) is 11.2 Å². The molecule has 0 radical (unpaired) electrons. The number of halogens is 4. The minimum atomic E-state index is -4.79. The summed E-state index contributed by atoms with van der Waals surface area (Å²) in [5, 5.41) is 2.80. The Bertz CT molecular complexity index is 1350. The van der Waals surface area contributed by atoms with Crippen LogP contribution < -0.4 is 5.32 Å². The molecule has 4 rings (SSSR count). The average molecular weight is 564 g/mol. The number of hydrogen-bond donors (Lipinski definition) is 1. The third-order valence-corrected chi connectivity index (χ3v) is 7.12. The van der Waals surface area contributed by atoms with Gasteiger partial charge in [-0.05, 0) is 48.7 Å². The van der Waals surface area contributed by atoms with Crippen LogP contribution in [0.3, 0.4) is 0 Å². The fraction of sp³-hybridized carbons (Fsp3) is 0.429. The second kappa shape index (κ2) is 10.2. The molecule has 1 heterocycles. The maximum absolute atomic E-state index is 13.6. The lowest BCUT2D eigenvalue weighted by Gasteiger charge is -2.31. The van der Waals surface area contributed by atoms with Crippen molar-refractivity contribution in [2.75, 3.05) is 11.9 Å². The first-order valence-electron chi connectivity index (χ1n) is 12.6. The van der Waals surface area contributed by atoms with Crippen LogP contribution in [0.15, 0.2) is 42.5 Å². The molecule has 4 amide bonds. The van der Waals surface area contributed by atoms with Crippen molar-refractivity contribution < 1.29 is 41.5 Å². The molecule has 0 bridgehead atoms. The number of benzene rings is 2. The van der Waals surface area contributed by atoms with Crippen molar-refractivity contribution in [3.05, 3.63) is 65.0 Å². The number of amides is 4. The highest BCUT2D eigenvalue weighted by molar-refractivity contribution is 6.06. The molecule has 1 spiro atoms. The molecular weight excluding hydrogens is 534 g/mol. The van der Waals surface area contributed by atoms with E-state index in [9.17, 15) is 36.7 Å². The zero-order valence-electron chi connectivity index (χ0n) is 22.4. The highest BCUT2D eigenvalue weighted by atomic mass is 19.4. The maximum Gasteiger partial charge on any atom is 0.418 e. The van der Waals surface area contributed by atoms with Crippen LogP contribution in [0.4, 0.5) is 28.0 Å². The van der Waals surface area contributed by atoms with E-state index in [1.165, 1.54) is 12.1 Å². The Kier molecular flexibility index (Phi) is 7.42. The van der Waals surface area contributed by atoms with E-state index in [4.69, 9.17) is 4.74 Å². The second-order valence-corrected chi connectivity index (χ2v) is 11.0. The summed E-state index contributed by atoms with van der Waals surface area (Å²) < 4.78 is 59.7. The number of carbonyl (C=O) groups excluding carboxylic acids is 4. The molecule has 2 aromatic rings. The van der Waals surface area contributed by atoms with Gasteiger partial charge in [0.15, 0.2) is 0 Å². The number of carbonyl (C=O) groups is 4. The van der Waals surface area contributed by atoms with Crippen LogP contribution in [0.25, 0.3) is 0 Å². The molecule has 0 saturated carbocycles. The molecule has 1 N–H and O–H groups in total. The molecule has 1 fully saturated rings. The first-order chi connectivity index (χ1) is 18.5. The minimum Gasteiger partial charge on any atom is -0.427 e. The van der Waals surface area contributed by atoms with E-state index in [-0.39, 0.29) is 17.9 Å². The van der Waals surface area contributed by atoms with E-state index >= 15 is 0 Å². The van der Waals surface area contributed by atoms with Crippen molar-refractivity contribution in [1.29, 1.82) is 0 Å². The largest absolute Gasteiger partial charge is 0.427 e. The van der Waals surface area contributed by atoms with Crippen LogP contribution >= 0.6 is 0 Å². The van der Waals surface area contributed by atoms with Crippen molar-refractivity contribution in [2.45, 2.75) is 64.9 Å². The lowest BCUT2D eigenvalue weighted by atomic mass is 9.94. The number of hydrogen-bond acceptors (Lipinski definition) is 5. The van der Waals surface area contributed by atoms with Gasteiger partial charge < -0.3 is 15.0 Å². The number of ether oxygens (including phenoxy) is 1. The molecule has 8 nitrogen and oxygen atoms in total. The Hall–Kier alpha value is -3.96. The Balaban J connectivity index is 1.55. The van der Waals surface area contributed by atoms with Gasteiger partial charge in [-0.3, -0.25) is 14.4 Å². The summed E-state index contributed by atoms with van der Waals surface area (Å²) in [7, 11) is 0. The molecule has 2 aliphatic rings. The quantitative estimate of drug-likeness (QED) is 0.504. The van der Waals surface area contributed by atoms with Gasteiger partial charge in [0.05, 0.1) is 0 Å². The fourth-order valence-corrected chi connectivity index (χ4v) is 4.68. The SMILES string of the molecule is C[C@H](N(Cc1ccc(F)cc1)C(=O)CN1C(=O)O[C@@]2(CCc3cc(NC(=O)C(C)(C)C)ccc32)C1=O)C(F)(F)F. The van der Waals surface area contributed by atoms with Gasteiger partial charge in [-0.1, -0.05) is 39.0 Å². The van der Waals surface area contributed by atoms with E-state index in [0.717, 1.165) is 19.1 Å². The molecule has 2 aromatic carbocycles. The van der Waals surface area contributed by atoms with Gasteiger partial charge in [0.1, 0.15) is 18.4 Å². The smallest absolute Gasteiger partial charge is 0.418 e. The van der Waals surface area contributed by atoms with Gasteiger partial charge in [0.25, 0.3) is 5.91 Å². The summed E-state index contributed by atoms with van der Waals surface area (Å²) in [5.74, 6) is -2.79. The van der Waals surface area contributed by atoms with Gasteiger partial charge in [0, 0.05) is 29.6 Å². The number of rotatable bonds is 6. The standard InChI is InChI=1S/C28H29F4N3O5/c1-16(28(30,31)32)34(14-17-5-7-19(29)8-6-17)22(36)15-35-24(38)27(40-25(35)39)12-11-18-13-20(9-10-21(18)27)33-23(37)26(2,3)4/h5-10,13,16H,11-12,14-15H2,1-4H3,(H,33,37)/t16-,27+/m0/s1. The second-order valence-electron chi connectivity index (χ2n) is 11.0. The Morgan fingerprint density at radius 2 is 1.75 bits per heavy atom. The third kappa shape index (κ3) is 5.52. The molecule has 1 saturated heterocycles. The lowest BCUT2D eigenvalue weighted by molar-refractivity contribution is -0.187. The van der Waals surface area contributed by atoms with E-state index in [0.29, 0.717) is 33.0 Å². The molecule has 1 aliphatic carbocycles. The van der Waals surface area contributed by atoms with Gasteiger partial charge >= 0.3 is 12.3 Å². The average Bonchev–Trinajstić information content (AvgIpc) is 3.34. The van der Waals surface area contributed by atoms with Crippen LogP contribution in [-0.2, 0) is 37.7 Å². The molecule has 2 atom stereocenters. The summed E-state index contributed by atoms with van der Waals surface area (Å²) in [4.78, 5) is 52.8. The van der Waals surface area contributed by atoms with Crippen LogP contribution in [-0.4, -0.2) is 52.4 Å². The third-order valence-electron chi connectivity index (χ3n) is 7.12. The van der Waals surface area contributed by atoms with Crippen molar-refractivity contribution >= 4 is 29.5 Å². The molecule has 40 heavy (non-hydrogen) atoms. The van der Waals surface area contributed by atoms with Crippen molar-refractivity contribution in [1.82, 2.24) is 9.80 Å². The normalized spacial score (nSPS) is 19.4. The number of alkyl halides is 3. The van der Waals surface area contributed by atoms with Gasteiger partial charge in [-0.2, -0.15) is 13.2 Å². The Labute approximate surface area is 228 Å². The van der Waals surface area contributed by atoms with Crippen molar-refractivity contribution in [3.8, 4) is 0 Å². The highest BCUT2D eigenvalue weighted by Gasteiger charge is 2.58. The van der Waals surface area contributed by atoms with Crippen LogP contribution in [0.1, 0.15) is 50.8 Å². The Morgan fingerprint density at radius 1 is 1.10 bits per heavy atom. The van der Waals surface area contributed by atoms with E-state index in [2.05, 4.69) is 5.32 Å². The Morgan fingerprint density at radius 3 is 2.35 bits per heavy atom. The van der Waals surface area contributed by atoms with Gasteiger partial charge in [-0.25, -0.2) is 14.1 Å². The molecule has 12 heteroatoms. The lowest BCUT2D eigenvalue weighted by Crippen LogP contribution is -2.51. The first kappa shape index (κ1) is 29.0. The number of anilines is 1. The first-order valence-corrected chi connectivity index (χ1v) is 12.6. The molecule has 0 aromatic heterocycles.